The highest BCUT2D eigenvalue weighted by atomic mass is 32.2. The number of hydrogen-bond acceptors (Lipinski definition) is 8. The van der Waals surface area contributed by atoms with Crippen LogP contribution in [0.4, 0.5) is 11.5 Å². The molecule has 1 N–H and O–H groups in total. The van der Waals surface area contributed by atoms with Gasteiger partial charge in [-0.05, 0) is 56.5 Å². The molecule has 4 rings (SSSR count). The van der Waals surface area contributed by atoms with Crippen molar-refractivity contribution in [3.05, 3.63) is 66.4 Å². The lowest BCUT2D eigenvalue weighted by molar-refractivity contribution is 0.0981. The second kappa shape index (κ2) is 9.77. The van der Waals surface area contributed by atoms with Crippen LogP contribution in [-0.2, 0) is 10.0 Å². The highest BCUT2D eigenvalue weighted by molar-refractivity contribution is 7.90. The Morgan fingerprint density at radius 2 is 1.89 bits per heavy atom. The number of carbonyl (C=O) groups excluding carboxylic acids is 1. The Morgan fingerprint density at radius 1 is 1.14 bits per heavy atom. The third-order valence-electron chi connectivity index (χ3n) is 6.73. The van der Waals surface area contributed by atoms with Crippen molar-refractivity contribution < 1.29 is 17.9 Å². The number of sulfonamides is 1. The van der Waals surface area contributed by atoms with E-state index in [9.17, 15) is 13.2 Å². The Balaban J connectivity index is 1.56. The molecule has 10 heteroatoms. The Labute approximate surface area is 212 Å². The van der Waals surface area contributed by atoms with E-state index in [0.29, 0.717) is 17.5 Å². The smallest absolute Gasteiger partial charge is 0.281 e. The van der Waals surface area contributed by atoms with Crippen LogP contribution in [0.2, 0.25) is 0 Å². The maximum atomic E-state index is 13.2. The van der Waals surface area contributed by atoms with Gasteiger partial charge in [0.05, 0.1) is 5.56 Å². The number of aromatic nitrogens is 2. The molecule has 2 aromatic heterocycles. The predicted molar refractivity (Wildman–Crippen MR) is 139 cm³/mol. The quantitative estimate of drug-likeness (QED) is 0.508. The van der Waals surface area contributed by atoms with Gasteiger partial charge in [-0.3, -0.25) is 4.79 Å². The van der Waals surface area contributed by atoms with Gasteiger partial charge in [0.2, 0.25) is 5.88 Å². The summed E-state index contributed by atoms with van der Waals surface area (Å²) < 4.78 is 34.1. The topological polar surface area (TPSA) is 105 Å². The average molecular weight is 510 g/mol. The summed E-state index contributed by atoms with van der Waals surface area (Å²) in [5, 5.41) is -0.322. The second-order valence-corrected chi connectivity index (χ2v) is 11.2. The van der Waals surface area contributed by atoms with E-state index in [-0.39, 0.29) is 22.0 Å². The number of carbonyl (C=O) groups is 1. The molecule has 190 valence electrons. The summed E-state index contributed by atoms with van der Waals surface area (Å²) in [6.45, 7) is 7.08. The molecule has 1 fully saturated rings. The third kappa shape index (κ3) is 5.13. The highest BCUT2D eigenvalue weighted by Gasteiger charge is 2.40. The molecule has 1 aromatic carbocycles. The molecular weight excluding hydrogens is 478 g/mol. The van der Waals surface area contributed by atoms with Crippen LogP contribution in [0.5, 0.6) is 11.6 Å². The molecule has 0 aliphatic carbocycles. The van der Waals surface area contributed by atoms with Crippen LogP contribution < -0.4 is 19.3 Å². The minimum Gasteiger partial charge on any atom is -0.439 e. The molecule has 1 aliphatic heterocycles. The zero-order valence-corrected chi connectivity index (χ0v) is 21.9. The van der Waals surface area contributed by atoms with Gasteiger partial charge in [0.15, 0.2) is 5.03 Å². The summed E-state index contributed by atoms with van der Waals surface area (Å²) in [6.07, 6.45) is 2.56. The van der Waals surface area contributed by atoms with Crippen LogP contribution in [0.3, 0.4) is 0 Å². The van der Waals surface area contributed by atoms with Crippen molar-refractivity contribution in [2.75, 3.05) is 30.4 Å². The largest absolute Gasteiger partial charge is 0.439 e. The van der Waals surface area contributed by atoms with Gasteiger partial charge in [0.25, 0.3) is 15.9 Å². The van der Waals surface area contributed by atoms with Crippen molar-refractivity contribution in [3.63, 3.8) is 0 Å². The van der Waals surface area contributed by atoms with E-state index in [0.717, 1.165) is 18.7 Å². The van der Waals surface area contributed by atoms with Crippen LogP contribution in [0.1, 0.15) is 37.6 Å². The van der Waals surface area contributed by atoms with E-state index in [2.05, 4.69) is 40.4 Å². The minimum absolute atomic E-state index is 0.0936. The Morgan fingerprint density at radius 3 is 2.58 bits per heavy atom. The van der Waals surface area contributed by atoms with Crippen molar-refractivity contribution in [1.82, 2.24) is 14.7 Å². The predicted octanol–water partition coefficient (Wildman–Crippen LogP) is 4.08. The Bertz CT molecular complexity index is 1370. The number of anilines is 2. The van der Waals surface area contributed by atoms with E-state index < -0.39 is 15.9 Å². The van der Waals surface area contributed by atoms with Gasteiger partial charge in [0, 0.05) is 50.2 Å². The molecule has 36 heavy (non-hydrogen) atoms. The first-order valence-corrected chi connectivity index (χ1v) is 13.2. The van der Waals surface area contributed by atoms with Gasteiger partial charge >= 0.3 is 0 Å². The fourth-order valence-corrected chi connectivity index (χ4v) is 5.10. The Hall–Kier alpha value is -3.66. The number of benzene rings is 1. The molecule has 3 aromatic rings. The van der Waals surface area contributed by atoms with Gasteiger partial charge in [-0.1, -0.05) is 19.1 Å². The first-order valence-electron chi connectivity index (χ1n) is 11.7. The van der Waals surface area contributed by atoms with E-state index in [1.807, 2.05) is 37.2 Å². The second-order valence-electron chi connectivity index (χ2n) is 9.61. The maximum Gasteiger partial charge on any atom is 0.281 e. The van der Waals surface area contributed by atoms with Crippen LogP contribution in [0.15, 0.2) is 65.8 Å². The van der Waals surface area contributed by atoms with Gasteiger partial charge in [-0.25, -0.2) is 9.71 Å². The normalized spacial score (nSPS) is 17.0. The summed E-state index contributed by atoms with van der Waals surface area (Å²) in [6, 6.07) is 14.9. The number of nitrogens with zero attached hydrogens (tertiary/aromatic N) is 4. The van der Waals surface area contributed by atoms with Gasteiger partial charge in [0.1, 0.15) is 11.6 Å². The lowest BCUT2D eigenvalue weighted by Crippen LogP contribution is -2.43. The molecule has 3 heterocycles. The first-order chi connectivity index (χ1) is 17.0. The molecule has 0 spiro atoms. The monoisotopic (exact) mass is 509 g/mol. The highest BCUT2D eigenvalue weighted by Crippen LogP contribution is 2.38. The molecular formula is C26H31N5O4S. The zero-order valence-electron chi connectivity index (χ0n) is 21.1. The molecule has 0 saturated carbocycles. The maximum absolute atomic E-state index is 13.2. The van der Waals surface area contributed by atoms with Crippen molar-refractivity contribution in [3.8, 4) is 11.6 Å². The number of rotatable bonds is 7. The lowest BCUT2D eigenvalue weighted by atomic mass is 9.90. The molecule has 0 radical (unpaired) electrons. The first kappa shape index (κ1) is 25.4. The third-order valence-corrected chi connectivity index (χ3v) is 7.96. The van der Waals surface area contributed by atoms with Crippen LogP contribution in [0, 0.1) is 5.92 Å². The molecule has 9 nitrogen and oxygen atoms in total. The molecule has 1 atom stereocenters. The molecule has 1 saturated heterocycles. The van der Waals surface area contributed by atoms with Crippen LogP contribution in [0.25, 0.3) is 0 Å². The summed E-state index contributed by atoms with van der Waals surface area (Å²) in [7, 11) is -0.451. The summed E-state index contributed by atoms with van der Waals surface area (Å²) in [4.78, 5) is 25.7. The van der Waals surface area contributed by atoms with E-state index in [1.165, 1.54) is 12.1 Å². The summed E-state index contributed by atoms with van der Waals surface area (Å²) in [5.74, 6) is 0.695. The fourth-order valence-electron chi connectivity index (χ4n) is 4.18. The standard InChI is InChI=1S/C26H31N5O4S/c1-18-14-16-31(26(18,2)3)24-21(11-8-15-27-24)25(32)29-36(33,34)23-13-7-12-22(28-23)35-20-10-6-9-19(17-20)30(4)5/h6-13,15,17-18H,14,16H2,1-5H3,(H,29,32). The van der Waals surface area contributed by atoms with E-state index in [1.54, 1.807) is 30.5 Å². The summed E-state index contributed by atoms with van der Waals surface area (Å²) >= 11 is 0. The molecule has 1 unspecified atom stereocenters. The van der Waals surface area contributed by atoms with Crippen molar-refractivity contribution in [1.29, 1.82) is 0 Å². The van der Waals surface area contributed by atoms with Crippen LogP contribution >= 0.6 is 0 Å². The number of hydrogen-bond donors (Lipinski definition) is 1. The lowest BCUT2D eigenvalue weighted by Gasteiger charge is -2.36. The van der Waals surface area contributed by atoms with E-state index >= 15 is 0 Å². The van der Waals surface area contributed by atoms with Crippen molar-refractivity contribution in [2.45, 2.75) is 37.8 Å². The molecule has 0 bridgehead atoms. The fraction of sp³-hybridized carbons (Fsp3) is 0.346. The SMILES string of the molecule is CC1CCN(c2ncccc2C(=O)NS(=O)(=O)c2cccc(Oc3cccc(N(C)C)c3)n2)C1(C)C. The van der Waals surface area contributed by atoms with Crippen molar-refractivity contribution >= 4 is 27.4 Å². The average Bonchev–Trinajstić information content (AvgIpc) is 3.11. The van der Waals surface area contributed by atoms with Crippen molar-refractivity contribution in [2.24, 2.45) is 5.92 Å². The van der Waals surface area contributed by atoms with Gasteiger partial charge < -0.3 is 14.5 Å². The molecule has 1 aliphatic rings. The molecule has 1 amide bonds. The number of amides is 1. The number of pyridine rings is 2. The number of nitrogens with one attached hydrogen (secondary N) is 1. The summed E-state index contributed by atoms with van der Waals surface area (Å²) in [5.41, 5.74) is 0.891. The number of ether oxygens (including phenoxy) is 1. The minimum atomic E-state index is -4.27. The van der Waals surface area contributed by atoms with Crippen LogP contribution in [-0.4, -0.2) is 50.5 Å². The van der Waals surface area contributed by atoms with Gasteiger partial charge in [-0.2, -0.15) is 13.4 Å². The van der Waals surface area contributed by atoms with E-state index in [4.69, 9.17) is 4.74 Å². The Kier molecular flexibility index (Phi) is 6.90. The zero-order chi connectivity index (χ0) is 26.1. The van der Waals surface area contributed by atoms with Gasteiger partial charge in [-0.15, -0.1) is 0 Å².